The molecule has 18 heavy (non-hydrogen) atoms. The molecule has 0 spiro atoms. The van der Waals surface area contributed by atoms with Gasteiger partial charge in [0.1, 0.15) is 0 Å². The van der Waals surface area contributed by atoms with Crippen molar-refractivity contribution in [3.8, 4) is 0 Å². The molecule has 0 atom stereocenters. The topological polar surface area (TPSA) is 54.0 Å². The molecule has 0 bridgehead atoms. The van der Waals surface area contributed by atoms with Crippen molar-refractivity contribution in [3.05, 3.63) is 29.6 Å². The van der Waals surface area contributed by atoms with E-state index in [4.69, 9.17) is 0 Å². The number of nitrogens with zero attached hydrogens (tertiary/aromatic N) is 1. The highest BCUT2D eigenvalue weighted by Crippen LogP contribution is 2.17. The summed E-state index contributed by atoms with van der Waals surface area (Å²) in [6, 6.07) is 4.42. The molecule has 4 nitrogen and oxygen atoms in total. The van der Waals surface area contributed by atoms with E-state index in [9.17, 15) is 4.79 Å². The summed E-state index contributed by atoms with van der Waals surface area (Å²) in [5.74, 6) is 0.0990. The zero-order valence-corrected chi connectivity index (χ0v) is 10.9. The van der Waals surface area contributed by atoms with Gasteiger partial charge in [0.15, 0.2) is 0 Å². The van der Waals surface area contributed by atoms with Gasteiger partial charge in [0.05, 0.1) is 6.54 Å². The number of aromatic nitrogens is 1. The lowest BCUT2D eigenvalue weighted by Gasteiger charge is -2.12. The van der Waals surface area contributed by atoms with E-state index in [1.807, 2.05) is 25.3 Å². The number of pyridine rings is 1. The van der Waals surface area contributed by atoms with Crippen LogP contribution >= 0.6 is 0 Å². The predicted molar refractivity (Wildman–Crippen MR) is 71.1 cm³/mol. The number of amides is 1. The third-order valence-corrected chi connectivity index (χ3v) is 3.31. The molecule has 2 N–H and O–H groups in total. The average molecular weight is 247 g/mol. The van der Waals surface area contributed by atoms with Gasteiger partial charge in [0.2, 0.25) is 5.91 Å². The highest BCUT2D eigenvalue weighted by atomic mass is 16.1. The monoisotopic (exact) mass is 247 g/mol. The fourth-order valence-electron chi connectivity index (χ4n) is 2.27. The van der Waals surface area contributed by atoms with E-state index in [0.717, 1.165) is 24.1 Å². The van der Waals surface area contributed by atoms with E-state index in [1.54, 1.807) is 0 Å². The number of carbonyl (C=O) groups excluding carboxylic acids is 1. The molecule has 1 aliphatic rings. The summed E-state index contributed by atoms with van der Waals surface area (Å²) in [6.45, 7) is 3.03. The van der Waals surface area contributed by atoms with Gasteiger partial charge in [0, 0.05) is 24.5 Å². The number of rotatable bonds is 5. The number of carbonyl (C=O) groups is 1. The van der Waals surface area contributed by atoms with Crippen LogP contribution < -0.4 is 10.6 Å². The van der Waals surface area contributed by atoms with Crippen LogP contribution in [0.2, 0.25) is 0 Å². The normalized spacial score (nSPS) is 15.8. The van der Waals surface area contributed by atoms with Crippen LogP contribution in [0.25, 0.3) is 0 Å². The van der Waals surface area contributed by atoms with Crippen LogP contribution in [0.3, 0.4) is 0 Å². The number of hydrogen-bond acceptors (Lipinski definition) is 3. The summed E-state index contributed by atoms with van der Waals surface area (Å²) in [6.07, 6.45) is 6.60. The molecule has 1 fully saturated rings. The first-order valence-electron chi connectivity index (χ1n) is 6.65. The first kappa shape index (κ1) is 13.0. The van der Waals surface area contributed by atoms with Crippen molar-refractivity contribution in [1.82, 2.24) is 15.6 Å². The Morgan fingerprint density at radius 1 is 1.39 bits per heavy atom. The van der Waals surface area contributed by atoms with Gasteiger partial charge in [-0.1, -0.05) is 18.9 Å². The Labute approximate surface area is 108 Å². The number of hydrogen-bond donors (Lipinski definition) is 2. The minimum atomic E-state index is 0.0990. The van der Waals surface area contributed by atoms with Gasteiger partial charge in [-0.15, -0.1) is 0 Å². The third kappa shape index (κ3) is 4.11. The van der Waals surface area contributed by atoms with E-state index in [1.165, 1.54) is 12.8 Å². The second kappa shape index (κ2) is 6.50. The van der Waals surface area contributed by atoms with Gasteiger partial charge in [-0.3, -0.25) is 9.78 Å². The van der Waals surface area contributed by atoms with Gasteiger partial charge >= 0.3 is 0 Å². The average Bonchev–Trinajstić information content (AvgIpc) is 2.84. The molecule has 0 aliphatic heterocycles. The minimum Gasteiger partial charge on any atom is -0.352 e. The maximum absolute atomic E-state index is 11.7. The van der Waals surface area contributed by atoms with Crippen molar-refractivity contribution >= 4 is 5.91 Å². The third-order valence-electron chi connectivity index (χ3n) is 3.31. The lowest BCUT2D eigenvalue weighted by atomic mass is 10.2. The lowest BCUT2D eigenvalue weighted by molar-refractivity contribution is -0.120. The summed E-state index contributed by atoms with van der Waals surface area (Å²) in [5, 5.41) is 6.20. The standard InChI is InChI=1S/C14H21N3O/c1-11-6-7-12(9-16-11)8-15-10-14(18)17-13-4-2-3-5-13/h6-7,9,13,15H,2-5,8,10H2,1H3,(H,17,18). The van der Waals surface area contributed by atoms with E-state index in [2.05, 4.69) is 15.6 Å². The first-order valence-corrected chi connectivity index (χ1v) is 6.65. The van der Waals surface area contributed by atoms with Gasteiger partial charge in [-0.05, 0) is 31.4 Å². The maximum atomic E-state index is 11.7. The Morgan fingerprint density at radius 3 is 2.83 bits per heavy atom. The van der Waals surface area contributed by atoms with E-state index in [0.29, 0.717) is 19.1 Å². The molecular weight excluding hydrogens is 226 g/mol. The second-order valence-electron chi connectivity index (χ2n) is 4.96. The Kier molecular flexibility index (Phi) is 4.70. The van der Waals surface area contributed by atoms with Crippen molar-refractivity contribution < 1.29 is 4.79 Å². The Hall–Kier alpha value is -1.42. The predicted octanol–water partition coefficient (Wildman–Crippen LogP) is 1.54. The summed E-state index contributed by atoms with van der Waals surface area (Å²) >= 11 is 0. The van der Waals surface area contributed by atoms with Gasteiger partial charge in [-0.2, -0.15) is 0 Å². The zero-order valence-electron chi connectivity index (χ0n) is 10.9. The molecule has 1 aliphatic carbocycles. The molecular formula is C14H21N3O. The minimum absolute atomic E-state index is 0.0990. The van der Waals surface area contributed by atoms with Crippen molar-refractivity contribution in [3.63, 3.8) is 0 Å². The van der Waals surface area contributed by atoms with Gasteiger partial charge in [-0.25, -0.2) is 0 Å². The summed E-state index contributed by atoms with van der Waals surface area (Å²) < 4.78 is 0. The lowest BCUT2D eigenvalue weighted by Crippen LogP contribution is -2.38. The fourth-order valence-corrected chi connectivity index (χ4v) is 2.27. The van der Waals surface area contributed by atoms with Crippen LogP contribution in [-0.2, 0) is 11.3 Å². The van der Waals surface area contributed by atoms with Crippen molar-refractivity contribution in [2.45, 2.75) is 45.2 Å². The molecule has 4 heteroatoms. The molecule has 0 aromatic carbocycles. The molecule has 1 aromatic rings. The van der Waals surface area contributed by atoms with Crippen molar-refractivity contribution in [2.24, 2.45) is 0 Å². The van der Waals surface area contributed by atoms with E-state index in [-0.39, 0.29) is 5.91 Å². The number of nitrogens with one attached hydrogen (secondary N) is 2. The van der Waals surface area contributed by atoms with Crippen LogP contribution in [0.1, 0.15) is 36.9 Å². The molecule has 1 heterocycles. The summed E-state index contributed by atoms with van der Waals surface area (Å²) in [7, 11) is 0. The highest BCUT2D eigenvalue weighted by molar-refractivity contribution is 5.78. The van der Waals surface area contributed by atoms with Crippen LogP contribution in [0, 0.1) is 6.92 Å². The van der Waals surface area contributed by atoms with Gasteiger partial charge < -0.3 is 10.6 Å². The van der Waals surface area contributed by atoms with Crippen molar-refractivity contribution in [2.75, 3.05) is 6.54 Å². The molecule has 1 aromatic heterocycles. The van der Waals surface area contributed by atoms with Crippen LogP contribution in [-0.4, -0.2) is 23.5 Å². The van der Waals surface area contributed by atoms with Crippen LogP contribution in [0.5, 0.6) is 0 Å². The Morgan fingerprint density at radius 2 is 2.17 bits per heavy atom. The molecule has 1 amide bonds. The summed E-state index contributed by atoms with van der Waals surface area (Å²) in [5.41, 5.74) is 2.12. The Balaban J connectivity index is 1.65. The quantitative estimate of drug-likeness (QED) is 0.830. The molecule has 0 unspecified atom stereocenters. The molecule has 0 saturated heterocycles. The molecule has 0 radical (unpaired) electrons. The van der Waals surface area contributed by atoms with E-state index >= 15 is 0 Å². The largest absolute Gasteiger partial charge is 0.352 e. The maximum Gasteiger partial charge on any atom is 0.234 e. The fraction of sp³-hybridized carbons (Fsp3) is 0.571. The van der Waals surface area contributed by atoms with Crippen LogP contribution in [0.4, 0.5) is 0 Å². The SMILES string of the molecule is Cc1ccc(CNCC(=O)NC2CCCC2)cn1. The van der Waals surface area contributed by atoms with E-state index < -0.39 is 0 Å². The van der Waals surface area contributed by atoms with Crippen LogP contribution in [0.15, 0.2) is 18.3 Å². The summed E-state index contributed by atoms with van der Waals surface area (Å²) in [4.78, 5) is 15.9. The molecule has 1 saturated carbocycles. The van der Waals surface area contributed by atoms with Crippen molar-refractivity contribution in [1.29, 1.82) is 0 Å². The molecule has 98 valence electrons. The smallest absolute Gasteiger partial charge is 0.234 e. The second-order valence-corrected chi connectivity index (χ2v) is 4.96. The zero-order chi connectivity index (χ0) is 12.8. The highest BCUT2D eigenvalue weighted by Gasteiger charge is 2.16. The number of aryl methyl sites for hydroxylation is 1. The molecule has 2 rings (SSSR count). The first-order chi connectivity index (χ1) is 8.74. The Bertz CT molecular complexity index is 383. The van der Waals surface area contributed by atoms with Gasteiger partial charge in [0.25, 0.3) is 0 Å².